The van der Waals surface area contributed by atoms with Gasteiger partial charge in [-0.25, -0.2) is 0 Å². The van der Waals surface area contributed by atoms with Gasteiger partial charge in [0.1, 0.15) is 0 Å². The summed E-state index contributed by atoms with van der Waals surface area (Å²) in [4.78, 5) is 0. The Kier molecular flexibility index (Phi) is 9.16. The van der Waals surface area contributed by atoms with E-state index in [4.69, 9.17) is 6.42 Å². The van der Waals surface area contributed by atoms with E-state index in [0.29, 0.717) is 6.42 Å². The van der Waals surface area contributed by atoms with Gasteiger partial charge in [0.05, 0.1) is 0 Å². The van der Waals surface area contributed by atoms with Gasteiger partial charge in [-0.1, -0.05) is 158 Å². The van der Waals surface area contributed by atoms with Crippen molar-refractivity contribution in [2.24, 2.45) is 0 Å². The normalized spacial score (nSPS) is 11.9. The molecular weight excluding hydrogens is 637 g/mol. The van der Waals surface area contributed by atoms with E-state index in [1.54, 1.807) is 0 Å². The van der Waals surface area contributed by atoms with Crippen LogP contribution >= 0.6 is 0 Å². The van der Waals surface area contributed by atoms with Crippen molar-refractivity contribution in [3.63, 3.8) is 0 Å². The van der Waals surface area contributed by atoms with Crippen molar-refractivity contribution in [2.75, 3.05) is 0 Å². The zero-order chi connectivity index (χ0) is 36.3. The summed E-state index contributed by atoms with van der Waals surface area (Å²) in [5.41, 5.74) is 13.8. The SMILES string of the molecule is C#CC/C=C(/c1ccc(/C(=C/C(=C)c2ccc3ccccc3c2)c2cc(-c3cc4ccccc4c4ccccc34)ccc2C)cc1)c1ccccc1C. The van der Waals surface area contributed by atoms with Crippen LogP contribution in [0.4, 0.5) is 0 Å². The largest absolute Gasteiger partial charge is 0.120 e. The zero-order valence-corrected chi connectivity index (χ0v) is 30.2. The summed E-state index contributed by atoms with van der Waals surface area (Å²) in [6, 6.07) is 59.2. The van der Waals surface area contributed by atoms with E-state index in [2.05, 4.69) is 202 Å². The molecule has 0 bridgehead atoms. The molecule has 0 aliphatic rings. The maximum absolute atomic E-state index is 5.74. The Hall–Kier alpha value is -6.68. The first-order valence-electron chi connectivity index (χ1n) is 18.2. The average Bonchev–Trinajstić information content (AvgIpc) is 3.20. The van der Waals surface area contributed by atoms with Crippen molar-refractivity contribution in [2.45, 2.75) is 20.3 Å². The highest BCUT2D eigenvalue weighted by atomic mass is 14.2. The van der Waals surface area contributed by atoms with Crippen molar-refractivity contribution in [3.8, 4) is 23.5 Å². The molecule has 0 aromatic heterocycles. The maximum Gasteiger partial charge on any atom is 0.0276 e. The molecule has 8 aromatic rings. The van der Waals surface area contributed by atoms with Gasteiger partial charge in [-0.05, 0) is 137 Å². The Labute approximate surface area is 313 Å². The quantitative estimate of drug-likeness (QED) is 0.0854. The first-order chi connectivity index (χ1) is 26.0. The third kappa shape index (κ3) is 6.62. The fraction of sp³-hybridized carbons (Fsp3) is 0.0566. The highest BCUT2D eigenvalue weighted by Gasteiger charge is 2.15. The molecule has 8 aromatic carbocycles. The number of benzene rings is 8. The Morgan fingerprint density at radius 2 is 1.13 bits per heavy atom. The predicted molar refractivity (Wildman–Crippen MR) is 230 cm³/mol. The molecule has 0 unspecified atom stereocenters. The van der Waals surface area contributed by atoms with Crippen LogP contribution in [0, 0.1) is 26.2 Å². The molecule has 0 radical (unpaired) electrons. The lowest BCUT2D eigenvalue weighted by molar-refractivity contribution is 1.38. The van der Waals surface area contributed by atoms with Crippen LogP contribution in [0.2, 0.25) is 0 Å². The minimum Gasteiger partial charge on any atom is -0.120 e. The molecule has 0 N–H and O–H groups in total. The van der Waals surface area contributed by atoms with Gasteiger partial charge < -0.3 is 0 Å². The molecule has 0 atom stereocenters. The summed E-state index contributed by atoms with van der Waals surface area (Å²) in [6.07, 6.45) is 10.7. The van der Waals surface area contributed by atoms with Crippen LogP contribution in [-0.2, 0) is 0 Å². The number of allylic oxidation sites excluding steroid dienone is 3. The molecule has 0 aliphatic carbocycles. The summed E-state index contributed by atoms with van der Waals surface area (Å²) < 4.78 is 0. The van der Waals surface area contributed by atoms with Crippen LogP contribution in [0.25, 0.3) is 60.2 Å². The second kappa shape index (κ2) is 14.5. The van der Waals surface area contributed by atoms with Crippen molar-refractivity contribution in [1.29, 1.82) is 0 Å². The summed E-state index contributed by atoms with van der Waals surface area (Å²) in [5, 5.41) is 7.45. The van der Waals surface area contributed by atoms with Crippen LogP contribution in [0.5, 0.6) is 0 Å². The van der Waals surface area contributed by atoms with Gasteiger partial charge >= 0.3 is 0 Å². The van der Waals surface area contributed by atoms with Gasteiger partial charge in [-0.2, -0.15) is 0 Å². The lowest BCUT2D eigenvalue weighted by Gasteiger charge is -2.18. The number of fused-ring (bicyclic) bond motifs is 4. The van der Waals surface area contributed by atoms with Gasteiger partial charge in [0.15, 0.2) is 0 Å². The zero-order valence-electron chi connectivity index (χ0n) is 30.2. The summed E-state index contributed by atoms with van der Waals surface area (Å²) in [6.45, 7) is 8.99. The van der Waals surface area contributed by atoms with Gasteiger partial charge in [0.2, 0.25) is 0 Å². The molecule has 0 amide bonds. The standard InChI is InChI=1S/C53H40/c1-5-6-19-47(46-20-11-7-15-36(46)2)40-27-29-41(30-28-40)52(32-38(4)42-31-26-39-16-8-9-17-43(39)33-42)51-34-45(25-24-37(51)3)53-35-44-18-10-12-21-48(44)49-22-13-14-23-50(49)53/h1,7-35H,4,6H2,2-3H3/b47-19-,52-32-. The molecule has 0 fully saturated rings. The summed E-state index contributed by atoms with van der Waals surface area (Å²) in [5.74, 6) is 2.81. The van der Waals surface area contributed by atoms with E-state index >= 15 is 0 Å². The lowest BCUT2D eigenvalue weighted by Crippen LogP contribution is -1.96. The fourth-order valence-electron chi connectivity index (χ4n) is 7.58. The number of aryl methyl sites for hydroxylation is 2. The van der Waals surface area contributed by atoms with Crippen molar-refractivity contribution in [3.05, 3.63) is 221 Å². The van der Waals surface area contributed by atoms with Crippen molar-refractivity contribution >= 4 is 49.0 Å². The van der Waals surface area contributed by atoms with Gasteiger partial charge in [-0.3, -0.25) is 0 Å². The molecule has 0 heterocycles. The topological polar surface area (TPSA) is 0 Å². The molecule has 53 heavy (non-hydrogen) atoms. The Morgan fingerprint density at radius 1 is 0.528 bits per heavy atom. The Bertz CT molecular complexity index is 2780. The third-order valence-electron chi connectivity index (χ3n) is 10.4. The fourth-order valence-corrected chi connectivity index (χ4v) is 7.58. The molecule has 8 rings (SSSR count). The van der Waals surface area contributed by atoms with Crippen molar-refractivity contribution < 1.29 is 0 Å². The van der Waals surface area contributed by atoms with Gasteiger partial charge in [0, 0.05) is 6.42 Å². The van der Waals surface area contributed by atoms with Crippen LogP contribution in [0.1, 0.15) is 45.4 Å². The minimum atomic E-state index is 0.567. The number of hydrogen-bond acceptors (Lipinski definition) is 0. The predicted octanol–water partition coefficient (Wildman–Crippen LogP) is 14.0. The van der Waals surface area contributed by atoms with Crippen LogP contribution in [0.3, 0.4) is 0 Å². The van der Waals surface area contributed by atoms with E-state index in [1.807, 2.05) is 0 Å². The number of hydrogen-bond donors (Lipinski definition) is 0. The number of terminal acetylenes is 1. The van der Waals surface area contributed by atoms with E-state index in [9.17, 15) is 0 Å². The summed E-state index contributed by atoms with van der Waals surface area (Å²) >= 11 is 0. The monoisotopic (exact) mass is 676 g/mol. The lowest BCUT2D eigenvalue weighted by atomic mass is 9.86. The Balaban J connectivity index is 1.29. The molecular formula is C53H40. The third-order valence-corrected chi connectivity index (χ3v) is 10.4. The summed E-state index contributed by atoms with van der Waals surface area (Å²) in [7, 11) is 0. The van der Waals surface area contributed by atoms with E-state index < -0.39 is 0 Å². The van der Waals surface area contributed by atoms with Crippen molar-refractivity contribution in [1.82, 2.24) is 0 Å². The van der Waals surface area contributed by atoms with Gasteiger partial charge in [0.25, 0.3) is 0 Å². The molecule has 0 aliphatic heterocycles. The molecule has 0 saturated carbocycles. The second-order valence-corrected chi connectivity index (χ2v) is 13.8. The first kappa shape index (κ1) is 33.5. The van der Waals surface area contributed by atoms with E-state index in [0.717, 1.165) is 33.4 Å². The maximum atomic E-state index is 5.74. The minimum absolute atomic E-state index is 0.567. The molecule has 0 spiro atoms. The molecule has 0 nitrogen and oxygen atoms in total. The molecule has 252 valence electrons. The highest BCUT2D eigenvalue weighted by molar-refractivity contribution is 6.14. The smallest absolute Gasteiger partial charge is 0.0276 e. The van der Waals surface area contributed by atoms with Crippen LogP contribution in [0.15, 0.2) is 183 Å². The Morgan fingerprint density at radius 3 is 1.89 bits per heavy atom. The molecule has 0 heteroatoms. The average molecular weight is 677 g/mol. The van der Waals surface area contributed by atoms with Crippen LogP contribution < -0.4 is 0 Å². The highest BCUT2D eigenvalue weighted by Crippen LogP contribution is 2.39. The second-order valence-electron chi connectivity index (χ2n) is 13.8. The van der Waals surface area contributed by atoms with Crippen LogP contribution in [-0.4, -0.2) is 0 Å². The van der Waals surface area contributed by atoms with E-state index in [1.165, 1.54) is 65.7 Å². The first-order valence-corrected chi connectivity index (χ1v) is 18.2. The number of rotatable bonds is 8. The van der Waals surface area contributed by atoms with Gasteiger partial charge in [-0.15, -0.1) is 12.3 Å². The molecule has 0 saturated heterocycles. The van der Waals surface area contributed by atoms with E-state index in [-0.39, 0.29) is 0 Å².